The lowest BCUT2D eigenvalue weighted by atomic mass is 10.2. The van der Waals surface area contributed by atoms with Crippen molar-refractivity contribution < 1.29 is 8.42 Å². The van der Waals surface area contributed by atoms with Crippen LogP contribution in [0.15, 0.2) is 52.3 Å². The van der Waals surface area contributed by atoms with Crippen LogP contribution in [0.2, 0.25) is 5.02 Å². The molecule has 0 bridgehead atoms. The van der Waals surface area contributed by atoms with Crippen LogP contribution < -0.4 is 10.5 Å². The molecule has 0 unspecified atom stereocenters. The van der Waals surface area contributed by atoms with Crippen molar-refractivity contribution in [3.63, 3.8) is 0 Å². The Bertz CT molecular complexity index is 1430. The SMILES string of the molecule is Cc1ccc(N(Cc2cc(=O)n3c(C)cccc3n2)C2=N[C@@H]3CS(=O)(=O)C[C@@H]3S2)cc1Cl. The third-order valence-electron chi connectivity index (χ3n) is 5.76. The van der Waals surface area contributed by atoms with Gasteiger partial charge in [0.2, 0.25) is 0 Å². The Hall–Kier alpha value is -2.36. The van der Waals surface area contributed by atoms with Gasteiger partial charge in [0, 0.05) is 27.7 Å². The molecule has 7 nitrogen and oxygen atoms in total. The molecule has 1 aromatic carbocycles. The molecule has 0 amide bonds. The van der Waals surface area contributed by atoms with Crippen LogP contribution in [-0.2, 0) is 16.4 Å². The molecule has 3 aromatic rings. The predicted octanol–water partition coefficient (Wildman–Crippen LogP) is 3.24. The summed E-state index contributed by atoms with van der Waals surface area (Å²) in [5.74, 6) is 0.207. The summed E-state index contributed by atoms with van der Waals surface area (Å²) in [6.07, 6.45) is 0. The Labute approximate surface area is 195 Å². The highest BCUT2D eigenvalue weighted by Crippen LogP contribution is 2.38. The van der Waals surface area contributed by atoms with Crippen LogP contribution in [0, 0.1) is 13.8 Å². The first kappa shape index (κ1) is 21.5. The van der Waals surface area contributed by atoms with Crippen LogP contribution in [0.1, 0.15) is 17.0 Å². The molecule has 4 heterocycles. The minimum atomic E-state index is -3.05. The highest BCUT2D eigenvalue weighted by molar-refractivity contribution is 8.15. The zero-order valence-corrected chi connectivity index (χ0v) is 19.9. The monoisotopic (exact) mass is 488 g/mol. The average molecular weight is 489 g/mol. The van der Waals surface area contributed by atoms with Crippen molar-refractivity contribution in [1.82, 2.24) is 9.38 Å². The third-order valence-corrected chi connectivity index (χ3v) is 9.41. The van der Waals surface area contributed by atoms with Gasteiger partial charge in [-0.15, -0.1) is 0 Å². The van der Waals surface area contributed by atoms with E-state index in [-0.39, 0.29) is 28.4 Å². The number of sulfone groups is 1. The first-order valence-electron chi connectivity index (χ1n) is 10.2. The van der Waals surface area contributed by atoms with Crippen molar-refractivity contribution in [3.8, 4) is 0 Å². The number of aliphatic imine (C=N–C) groups is 1. The molecule has 0 N–H and O–H groups in total. The Kier molecular flexibility index (Phi) is 5.30. The van der Waals surface area contributed by atoms with Gasteiger partial charge >= 0.3 is 0 Å². The van der Waals surface area contributed by atoms with E-state index in [0.29, 0.717) is 22.9 Å². The van der Waals surface area contributed by atoms with Gasteiger partial charge in [0.15, 0.2) is 15.0 Å². The lowest BCUT2D eigenvalue weighted by Crippen LogP contribution is -2.30. The maximum absolute atomic E-state index is 12.8. The number of nitrogens with zero attached hydrogens (tertiary/aromatic N) is 4. The highest BCUT2D eigenvalue weighted by atomic mass is 35.5. The second-order valence-corrected chi connectivity index (χ2v) is 11.9. The molecule has 2 atom stereocenters. The summed E-state index contributed by atoms with van der Waals surface area (Å²) in [5, 5.41) is 1.26. The zero-order valence-electron chi connectivity index (χ0n) is 17.5. The first-order chi connectivity index (χ1) is 15.2. The van der Waals surface area contributed by atoms with E-state index in [1.165, 1.54) is 17.8 Å². The Morgan fingerprint density at radius 2 is 2.00 bits per heavy atom. The van der Waals surface area contributed by atoms with Gasteiger partial charge in [0.1, 0.15) is 5.65 Å². The Morgan fingerprint density at radius 3 is 2.75 bits per heavy atom. The molecule has 0 saturated carbocycles. The summed E-state index contributed by atoms with van der Waals surface area (Å²) in [6.45, 7) is 4.12. The molecule has 1 fully saturated rings. The maximum Gasteiger partial charge on any atom is 0.258 e. The fourth-order valence-corrected chi connectivity index (χ4v) is 8.05. The lowest BCUT2D eigenvalue weighted by molar-refractivity contribution is 0.601. The van der Waals surface area contributed by atoms with Crippen molar-refractivity contribution in [2.75, 3.05) is 16.4 Å². The standard InChI is InChI=1S/C22H21ClN4O3S2/c1-13-6-7-16(9-17(13)23)26(22-25-18-11-32(29,30)12-19(18)31-22)10-15-8-21(28)27-14(2)4-3-5-20(27)24-15/h3-9,18-19H,10-12H2,1-2H3/t18-,19+/m1/s1. The molecular weight excluding hydrogens is 468 g/mol. The van der Waals surface area contributed by atoms with Gasteiger partial charge in [-0.05, 0) is 43.7 Å². The summed E-state index contributed by atoms with van der Waals surface area (Å²) in [6, 6.07) is 12.6. The van der Waals surface area contributed by atoms with E-state index in [4.69, 9.17) is 21.6 Å². The van der Waals surface area contributed by atoms with Gasteiger partial charge in [-0.3, -0.25) is 14.2 Å². The van der Waals surface area contributed by atoms with Crippen LogP contribution >= 0.6 is 23.4 Å². The molecule has 2 aliphatic rings. The number of thioether (sulfide) groups is 1. The number of pyridine rings is 1. The molecule has 2 aromatic heterocycles. The molecule has 0 radical (unpaired) electrons. The molecule has 1 saturated heterocycles. The van der Waals surface area contributed by atoms with E-state index >= 15 is 0 Å². The zero-order chi connectivity index (χ0) is 22.6. The van der Waals surface area contributed by atoms with E-state index in [0.717, 1.165) is 22.1 Å². The van der Waals surface area contributed by atoms with E-state index in [2.05, 4.69) is 0 Å². The molecule has 5 rings (SSSR count). The van der Waals surface area contributed by atoms with Crippen LogP contribution in [0.3, 0.4) is 0 Å². The van der Waals surface area contributed by atoms with Gasteiger partial charge in [0.25, 0.3) is 5.56 Å². The smallest absolute Gasteiger partial charge is 0.258 e. The number of aryl methyl sites for hydroxylation is 2. The van der Waals surface area contributed by atoms with Crippen molar-refractivity contribution >= 4 is 49.7 Å². The number of halogens is 1. The topological polar surface area (TPSA) is 84.1 Å². The summed E-state index contributed by atoms with van der Waals surface area (Å²) in [4.78, 5) is 24.2. The molecule has 0 spiro atoms. The van der Waals surface area contributed by atoms with Crippen LogP contribution in [0.5, 0.6) is 0 Å². The van der Waals surface area contributed by atoms with Crippen LogP contribution in [-0.4, -0.2) is 45.8 Å². The molecule has 32 heavy (non-hydrogen) atoms. The van der Waals surface area contributed by atoms with Crippen molar-refractivity contribution in [1.29, 1.82) is 0 Å². The normalized spacial score (nSPS) is 21.5. The number of hydrogen-bond donors (Lipinski definition) is 0. The van der Waals surface area contributed by atoms with Gasteiger partial charge in [-0.2, -0.15) is 0 Å². The van der Waals surface area contributed by atoms with E-state index in [1.807, 2.05) is 55.1 Å². The van der Waals surface area contributed by atoms with Crippen molar-refractivity contribution in [2.45, 2.75) is 31.7 Å². The van der Waals surface area contributed by atoms with Gasteiger partial charge < -0.3 is 4.90 Å². The molecule has 166 valence electrons. The number of benzene rings is 1. The van der Waals surface area contributed by atoms with Crippen molar-refractivity contribution in [2.24, 2.45) is 4.99 Å². The van der Waals surface area contributed by atoms with Gasteiger partial charge in [-0.25, -0.2) is 13.4 Å². The second kappa shape index (κ2) is 7.90. The fraction of sp³-hybridized carbons (Fsp3) is 0.318. The minimum absolute atomic E-state index is 0.0749. The number of rotatable bonds is 3. The highest BCUT2D eigenvalue weighted by Gasteiger charge is 2.44. The van der Waals surface area contributed by atoms with E-state index in [1.54, 1.807) is 4.40 Å². The summed E-state index contributed by atoms with van der Waals surface area (Å²) >= 11 is 7.87. The summed E-state index contributed by atoms with van der Waals surface area (Å²) < 4.78 is 25.6. The van der Waals surface area contributed by atoms with Crippen LogP contribution in [0.4, 0.5) is 5.69 Å². The largest absolute Gasteiger partial charge is 0.315 e. The van der Waals surface area contributed by atoms with E-state index in [9.17, 15) is 13.2 Å². The number of fused-ring (bicyclic) bond motifs is 2. The summed E-state index contributed by atoms with van der Waals surface area (Å²) in [5.41, 5.74) is 3.63. The number of anilines is 1. The second-order valence-electron chi connectivity index (χ2n) is 8.18. The molecular formula is C22H21ClN4O3S2. The Balaban J connectivity index is 1.56. The molecule has 0 aliphatic carbocycles. The first-order valence-corrected chi connectivity index (χ1v) is 13.2. The third kappa shape index (κ3) is 3.93. The van der Waals surface area contributed by atoms with Crippen molar-refractivity contribution in [3.05, 3.63) is 74.8 Å². The number of amidine groups is 1. The molecule has 10 heteroatoms. The molecule has 2 aliphatic heterocycles. The predicted molar refractivity (Wildman–Crippen MR) is 130 cm³/mol. The van der Waals surface area contributed by atoms with E-state index < -0.39 is 9.84 Å². The maximum atomic E-state index is 12.8. The quantitative estimate of drug-likeness (QED) is 0.562. The average Bonchev–Trinajstić information content (AvgIpc) is 3.21. The van der Waals surface area contributed by atoms with Gasteiger partial charge in [-0.1, -0.05) is 35.5 Å². The number of hydrogen-bond acceptors (Lipinski definition) is 7. The van der Waals surface area contributed by atoms with Gasteiger partial charge in [0.05, 0.1) is 29.8 Å². The van der Waals surface area contributed by atoms with Crippen LogP contribution in [0.25, 0.3) is 5.65 Å². The fourth-order valence-electron chi connectivity index (χ4n) is 4.10. The minimum Gasteiger partial charge on any atom is -0.315 e. The Morgan fingerprint density at radius 1 is 1.19 bits per heavy atom. The lowest BCUT2D eigenvalue weighted by Gasteiger charge is -2.25. The summed E-state index contributed by atoms with van der Waals surface area (Å²) in [7, 11) is -3.05. The number of aromatic nitrogens is 2.